The first-order valence-electron chi connectivity index (χ1n) is 8.27. The second-order valence-corrected chi connectivity index (χ2v) is 7.18. The summed E-state index contributed by atoms with van der Waals surface area (Å²) in [4.78, 5) is 12.0. The van der Waals surface area contributed by atoms with Crippen LogP contribution in [0.25, 0.3) is 28.0 Å². The van der Waals surface area contributed by atoms with Crippen molar-refractivity contribution in [2.45, 2.75) is 25.7 Å². The van der Waals surface area contributed by atoms with E-state index in [0.717, 1.165) is 28.3 Å². The molecule has 0 saturated heterocycles. The Bertz CT molecular complexity index is 1060. The third-order valence-corrected chi connectivity index (χ3v) is 5.77. The van der Waals surface area contributed by atoms with Gasteiger partial charge in [0.05, 0.1) is 5.39 Å². The topological polar surface area (TPSA) is 43.1 Å². The molecule has 0 spiro atoms. The number of rotatable bonds is 2. The Morgan fingerprint density at radius 1 is 1.04 bits per heavy atom. The minimum absolute atomic E-state index is 0.831. The summed E-state index contributed by atoms with van der Waals surface area (Å²) in [7, 11) is 0. The van der Waals surface area contributed by atoms with Gasteiger partial charge in [-0.15, -0.1) is 11.3 Å². The quantitative estimate of drug-likeness (QED) is 0.547. The fourth-order valence-corrected chi connectivity index (χ4v) is 4.70. The maximum Gasteiger partial charge on any atom is 0.168 e. The summed E-state index contributed by atoms with van der Waals surface area (Å²) in [6.07, 6.45) is 10.6. The van der Waals surface area contributed by atoms with Gasteiger partial charge >= 0.3 is 0 Å². The summed E-state index contributed by atoms with van der Waals surface area (Å²) in [5, 5.41) is 5.62. The Labute approximate surface area is 143 Å². The van der Waals surface area contributed by atoms with Crippen LogP contribution in [0.15, 0.2) is 36.7 Å². The second kappa shape index (κ2) is 5.53. The lowest BCUT2D eigenvalue weighted by molar-refractivity contribution is 0.700. The molecule has 0 bridgehead atoms. The third kappa shape index (κ3) is 2.16. The molecule has 0 radical (unpaired) electrons. The monoisotopic (exact) mass is 332 g/mol. The van der Waals surface area contributed by atoms with Gasteiger partial charge in [0.2, 0.25) is 0 Å². The van der Waals surface area contributed by atoms with Crippen molar-refractivity contribution in [2.75, 3.05) is 0 Å². The third-order valence-electron chi connectivity index (χ3n) is 4.58. The van der Waals surface area contributed by atoms with E-state index in [-0.39, 0.29) is 0 Å². The van der Waals surface area contributed by atoms with E-state index in [1.165, 1.54) is 35.1 Å². The molecule has 0 amide bonds. The van der Waals surface area contributed by atoms with Gasteiger partial charge in [-0.05, 0) is 42.9 Å². The second-order valence-electron chi connectivity index (χ2n) is 6.10. The van der Waals surface area contributed by atoms with Crippen LogP contribution in [0, 0.1) is 0 Å². The lowest BCUT2D eigenvalue weighted by Gasteiger charge is -2.10. The van der Waals surface area contributed by atoms with Crippen molar-refractivity contribution in [3.05, 3.63) is 58.5 Å². The maximum absolute atomic E-state index is 4.89. The fourth-order valence-electron chi connectivity index (χ4n) is 3.43. The molecular weight excluding hydrogens is 316 g/mol. The molecule has 0 unspecified atom stereocenters. The van der Waals surface area contributed by atoms with Gasteiger partial charge in [-0.2, -0.15) is 9.61 Å². The summed E-state index contributed by atoms with van der Waals surface area (Å²) in [5.41, 5.74) is 3.54. The fraction of sp³-hybridized carbons (Fsp3) is 0.211. The molecule has 4 nitrogen and oxygen atoms in total. The Balaban J connectivity index is 1.71. The van der Waals surface area contributed by atoms with Gasteiger partial charge in [0, 0.05) is 4.88 Å². The summed E-state index contributed by atoms with van der Waals surface area (Å²) in [6, 6.07) is 10.3. The van der Waals surface area contributed by atoms with E-state index in [0.29, 0.717) is 0 Å². The Morgan fingerprint density at radius 2 is 1.92 bits per heavy atom. The van der Waals surface area contributed by atoms with Crippen LogP contribution in [0.3, 0.4) is 0 Å². The van der Waals surface area contributed by atoms with E-state index in [1.807, 2.05) is 40.1 Å². The summed E-state index contributed by atoms with van der Waals surface area (Å²) >= 11 is 1.83. The Kier molecular flexibility index (Phi) is 3.19. The predicted octanol–water partition coefficient (Wildman–Crippen LogP) is 4.39. The highest BCUT2D eigenvalue weighted by Gasteiger charge is 2.21. The number of aryl methyl sites for hydroxylation is 2. The number of benzene rings is 1. The van der Waals surface area contributed by atoms with Gasteiger partial charge in [-0.1, -0.05) is 36.4 Å². The molecule has 1 aromatic carbocycles. The van der Waals surface area contributed by atoms with E-state index in [9.17, 15) is 0 Å². The molecular formula is C19H16N4S. The lowest BCUT2D eigenvalue weighted by atomic mass is 9.97. The first kappa shape index (κ1) is 13.9. The molecule has 118 valence electrons. The van der Waals surface area contributed by atoms with E-state index in [4.69, 9.17) is 4.98 Å². The lowest BCUT2D eigenvalue weighted by Crippen LogP contribution is -2.01. The maximum atomic E-state index is 4.89. The minimum Gasteiger partial charge on any atom is -0.218 e. The molecule has 4 aromatic rings. The van der Waals surface area contributed by atoms with Gasteiger partial charge in [-0.3, -0.25) is 0 Å². The van der Waals surface area contributed by atoms with Crippen LogP contribution in [-0.4, -0.2) is 19.6 Å². The first-order chi connectivity index (χ1) is 11.9. The van der Waals surface area contributed by atoms with E-state index in [1.54, 1.807) is 6.33 Å². The zero-order valence-electron chi connectivity index (χ0n) is 13.1. The number of aromatic nitrogens is 4. The highest BCUT2D eigenvalue weighted by molar-refractivity contribution is 7.19. The van der Waals surface area contributed by atoms with Crippen molar-refractivity contribution < 1.29 is 0 Å². The predicted molar refractivity (Wildman–Crippen MR) is 98.2 cm³/mol. The van der Waals surface area contributed by atoms with Crippen molar-refractivity contribution in [2.24, 2.45) is 0 Å². The molecule has 1 aliphatic rings. The molecule has 3 heterocycles. The summed E-state index contributed by atoms with van der Waals surface area (Å²) < 4.78 is 1.86. The van der Waals surface area contributed by atoms with Crippen molar-refractivity contribution >= 4 is 39.4 Å². The highest BCUT2D eigenvalue weighted by atomic mass is 32.1. The standard InChI is InChI=1S/C19H16N4S/c1-2-6-13(7-3-1)10-11-16-22-19-17(18-20-12-21-23(16)18)14-8-4-5-9-15(14)24-19/h1-3,6-7,10-12H,4-5,8-9H2/b11-10+. The number of hydrogen-bond donors (Lipinski definition) is 0. The molecule has 0 saturated carbocycles. The van der Waals surface area contributed by atoms with Crippen LogP contribution >= 0.6 is 11.3 Å². The Morgan fingerprint density at radius 3 is 2.83 bits per heavy atom. The van der Waals surface area contributed by atoms with E-state index < -0.39 is 0 Å². The average molecular weight is 332 g/mol. The van der Waals surface area contributed by atoms with Crippen LogP contribution < -0.4 is 0 Å². The van der Waals surface area contributed by atoms with Crippen molar-refractivity contribution in [3.8, 4) is 0 Å². The first-order valence-corrected chi connectivity index (χ1v) is 9.09. The molecule has 0 atom stereocenters. The molecule has 5 rings (SSSR count). The van der Waals surface area contributed by atoms with Crippen LogP contribution in [0.4, 0.5) is 0 Å². The zero-order valence-corrected chi connectivity index (χ0v) is 14.0. The number of hydrogen-bond acceptors (Lipinski definition) is 4. The van der Waals surface area contributed by atoms with Gasteiger partial charge in [0.1, 0.15) is 11.2 Å². The van der Waals surface area contributed by atoms with Crippen LogP contribution in [0.5, 0.6) is 0 Å². The normalized spacial score (nSPS) is 14.7. The summed E-state index contributed by atoms with van der Waals surface area (Å²) in [6.45, 7) is 0. The molecule has 0 fully saturated rings. The average Bonchev–Trinajstić information content (AvgIpc) is 3.24. The van der Waals surface area contributed by atoms with Crippen molar-refractivity contribution in [3.63, 3.8) is 0 Å². The molecule has 1 aliphatic carbocycles. The molecule has 24 heavy (non-hydrogen) atoms. The van der Waals surface area contributed by atoms with E-state index >= 15 is 0 Å². The number of fused-ring (bicyclic) bond motifs is 5. The molecule has 3 aromatic heterocycles. The van der Waals surface area contributed by atoms with Gasteiger partial charge in [-0.25, -0.2) is 9.97 Å². The van der Waals surface area contributed by atoms with Crippen LogP contribution in [0.1, 0.15) is 34.7 Å². The van der Waals surface area contributed by atoms with Crippen molar-refractivity contribution in [1.82, 2.24) is 19.6 Å². The van der Waals surface area contributed by atoms with Crippen LogP contribution in [0.2, 0.25) is 0 Å². The SMILES string of the molecule is C(=C\c1nc2sc3c(c2c2ncnn12)CCCC3)/c1ccccc1. The minimum atomic E-state index is 0.831. The van der Waals surface area contributed by atoms with Crippen LogP contribution in [-0.2, 0) is 12.8 Å². The molecule has 5 heteroatoms. The Hall–Kier alpha value is -2.53. The number of nitrogens with zero attached hydrogens (tertiary/aromatic N) is 4. The zero-order chi connectivity index (χ0) is 15.9. The molecule has 0 aliphatic heterocycles. The molecule has 0 N–H and O–H groups in total. The van der Waals surface area contributed by atoms with Gasteiger partial charge in [0.25, 0.3) is 0 Å². The number of thiophene rings is 1. The van der Waals surface area contributed by atoms with Crippen molar-refractivity contribution in [1.29, 1.82) is 0 Å². The van der Waals surface area contributed by atoms with Gasteiger partial charge < -0.3 is 0 Å². The summed E-state index contributed by atoms with van der Waals surface area (Å²) in [5.74, 6) is 0.831. The highest BCUT2D eigenvalue weighted by Crippen LogP contribution is 2.37. The largest absolute Gasteiger partial charge is 0.218 e. The van der Waals surface area contributed by atoms with Gasteiger partial charge in [0.15, 0.2) is 11.5 Å². The smallest absolute Gasteiger partial charge is 0.168 e. The van der Waals surface area contributed by atoms with E-state index in [2.05, 4.69) is 28.3 Å².